The van der Waals surface area contributed by atoms with Crippen LogP contribution in [0, 0.1) is 0 Å². The molecule has 0 spiro atoms. The zero-order valence-corrected chi connectivity index (χ0v) is 7.55. The van der Waals surface area contributed by atoms with E-state index in [-0.39, 0.29) is 6.54 Å². The van der Waals surface area contributed by atoms with Gasteiger partial charge in [0.2, 0.25) is 6.54 Å². The van der Waals surface area contributed by atoms with Crippen molar-refractivity contribution in [1.82, 2.24) is 0 Å². The molecule has 2 aromatic rings. The Kier molecular flexibility index (Phi) is 2.14. The highest BCUT2D eigenvalue weighted by Crippen LogP contribution is 2.09. The number of hydrogen-bond acceptors (Lipinski definition) is 1. The van der Waals surface area contributed by atoms with E-state index < -0.39 is 5.97 Å². The van der Waals surface area contributed by atoms with Gasteiger partial charge in [-0.15, -0.1) is 0 Å². The molecule has 14 heavy (non-hydrogen) atoms. The van der Waals surface area contributed by atoms with Crippen LogP contribution in [0.2, 0.25) is 0 Å². The number of nitrogens with zero attached hydrogens (tertiary/aromatic N) is 1. The van der Waals surface area contributed by atoms with E-state index in [4.69, 9.17) is 5.11 Å². The summed E-state index contributed by atoms with van der Waals surface area (Å²) >= 11 is 0. The lowest BCUT2D eigenvalue weighted by atomic mass is 10.2. The van der Waals surface area contributed by atoms with Crippen LogP contribution in [0.5, 0.6) is 0 Å². The van der Waals surface area contributed by atoms with Crippen LogP contribution in [-0.2, 0) is 11.3 Å². The highest BCUT2D eigenvalue weighted by molar-refractivity contribution is 5.80. The second-order valence-electron chi connectivity index (χ2n) is 3.14. The Morgan fingerprint density at radius 2 is 1.93 bits per heavy atom. The summed E-state index contributed by atoms with van der Waals surface area (Å²) in [5.74, 6) is -0.828. The summed E-state index contributed by atoms with van der Waals surface area (Å²) in [6, 6.07) is 9.78. The van der Waals surface area contributed by atoms with Gasteiger partial charge in [0.1, 0.15) is 0 Å². The topological polar surface area (TPSA) is 41.2 Å². The first-order chi connectivity index (χ1) is 6.75. The van der Waals surface area contributed by atoms with Crippen molar-refractivity contribution in [3.05, 3.63) is 42.7 Å². The number of carboxylic acids is 1. The average molecular weight is 188 g/mol. The van der Waals surface area contributed by atoms with E-state index >= 15 is 0 Å². The number of hydrogen-bond donors (Lipinski definition) is 1. The SMILES string of the molecule is O=C(O)C[n+]1ccc2ccccc2c1. The summed E-state index contributed by atoms with van der Waals surface area (Å²) in [5, 5.41) is 10.8. The minimum Gasteiger partial charge on any atom is -0.477 e. The Hall–Kier alpha value is -1.90. The van der Waals surface area contributed by atoms with Gasteiger partial charge in [-0.1, -0.05) is 18.2 Å². The number of carboxylic acid groups (broad SMARTS) is 1. The van der Waals surface area contributed by atoms with Crippen LogP contribution in [0.1, 0.15) is 0 Å². The van der Waals surface area contributed by atoms with Crippen LogP contribution < -0.4 is 4.57 Å². The Labute approximate surface area is 81.2 Å². The van der Waals surface area contributed by atoms with Crippen molar-refractivity contribution in [2.24, 2.45) is 0 Å². The van der Waals surface area contributed by atoms with Crippen LogP contribution in [0.3, 0.4) is 0 Å². The van der Waals surface area contributed by atoms with Gasteiger partial charge in [0.15, 0.2) is 12.4 Å². The molecule has 0 fully saturated rings. The minimum atomic E-state index is -0.828. The molecule has 0 atom stereocenters. The summed E-state index contributed by atoms with van der Waals surface area (Å²) in [7, 11) is 0. The van der Waals surface area contributed by atoms with E-state index in [0.29, 0.717) is 0 Å². The molecule has 70 valence electrons. The predicted molar refractivity (Wildman–Crippen MR) is 51.8 cm³/mol. The van der Waals surface area contributed by atoms with E-state index in [9.17, 15) is 4.79 Å². The first-order valence-electron chi connectivity index (χ1n) is 4.35. The van der Waals surface area contributed by atoms with Crippen LogP contribution in [0.25, 0.3) is 10.8 Å². The lowest BCUT2D eigenvalue weighted by Crippen LogP contribution is -2.36. The first-order valence-corrected chi connectivity index (χ1v) is 4.35. The fraction of sp³-hybridized carbons (Fsp3) is 0.0909. The normalized spacial score (nSPS) is 10.3. The zero-order chi connectivity index (χ0) is 9.97. The van der Waals surface area contributed by atoms with Gasteiger partial charge in [0.25, 0.3) is 0 Å². The van der Waals surface area contributed by atoms with E-state index in [1.807, 2.05) is 36.5 Å². The van der Waals surface area contributed by atoms with Crippen molar-refractivity contribution >= 4 is 16.7 Å². The lowest BCUT2D eigenvalue weighted by molar-refractivity contribution is -0.684. The Morgan fingerprint density at radius 1 is 1.21 bits per heavy atom. The number of pyridine rings is 1. The van der Waals surface area contributed by atoms with Gasteiger partial charge >= 0.3 is 5.97 Å². The number of carbonyl (C=O) groups is 1. The Morgan fingerprint density at radius 3 is 2.64 bits per heavy atom. The molecule has 1 N–H and O–H groups in total. The summed E-state index contributed by atoms with van der Waals surface area (Å²) in [5.41, 5.74) is 0. The molecule has 0 aliphatic heterocycles. The van der Waals surface area contributed by atoms with Crippen LogP contribution in [-0.4, -0.2) is 11.1 Å². The van der Waals surface area contributed by atoms with Gasteiger partial charge in [0.05, 0.1) is 0 Å². The monoisotopic (exact) mass is 188 g/mol. The largest absolute Gasteiger partial charge is 0.477 e. The van der Waals surface area contributed by atoms with Crippen molar-refractivity contribution in [3.63, 3.8) is 0 Å². The molecule has 3 nitrogen and oxygen atoms in total. The second kappa shape index (κ2) is 3.46. The summed E-state index contributed by atoms with van der Waals surface area (Å²) < 4.78 is 1.66. The number of aliphatic carboxylic acids is 1. The van der Waals surface area contributed by atoms with Gasteiger partial charge in [-0.25, -0.2) is 4.79 Å². The first kappa shape index (κ1) is 8.69. The maximum Gasteiger partial charge on any atom is 0.370 e. The molecule has 0 aliphatic rings. The molecule has 1 aromatic heterocycles. The standard InChI is InChI=1S/C11H9NO2/c13-11(14)8-12-6-5-9-3-1-2-4-10(9)7-12/h1-7H,8H2/p+1. The van der Waals surface area contributed by atoms with Gasteiger partial charge in [0, 0.05) is 11.5 Å². The third-order valence-corrected chi connectivity index (χ3v) is 2.06. The molecule has 0 saturated heterocycles. The summed E-state index contributed by atoms with van der Waals surface area (Å²) in [6.07, 6.45) is 3.61. The van der Waals surface area contributed by atoms with Gasteiger partial charge in [-0.2, -0.15) is 4.57 Å². The van der Waals surface area contributed by atoms with E-state index in [1.165, 1.54) is 0 Å². The minimum absolute atomic E-state index is 0.00480. The zero-order valence-electron chi connectivity index (χ0n) is 7.55. The number of rotatable bonds is 2. The van der Waals surface area contributed by atoms with Crippen molar-refractivity contribution in [2.45, 2.75) is 6.54 Å². The van der Waals surface area contributed by atoms with Crippen LogP contribution >= 0.6 is 0 Å². The maximum absolute atomic E-state index is 10.5. The Bertz CT molecular complexity index is 479. The smallest absolute Gasteiger partial charge is 0.370 e. The van der Waals surface area contributed by atoms with Gasteiger partial charge in [-0.3, -0.25) is 0 Å². The molecule has 0 bridgehead atoms. The number of aromatic nitrogens is 1. The highest BCUT2D eigenvalue weighted by Gasteiger charge is 2.06. The molecular formula is C11H10NO2+. The summed E-state index contributed by atoms with van der Waals surface area (Å²) in [6.45, 7) is 0.00480. The highest BCUT2D eigenvalue weighted by atomic mass is 16.4. The molecule has 1 aromatic carbocycles. The number of fused-ring (bicyclic) bond motifs is 1. The molecule has 0 unspecified atom stereocenters. The molecular weight excluding hydrogens is 178 g/mol. The third-order valence-electron chi connectivity index (χ3n) is 2.06. The molecule has 0 saturated carbocycles. The molecule has 1 heterocycles. The second-order valence-corrected chi connectivity index (χ2v) is 3.14. The third kappa shape index (κ3) is 1.71. The van der Waals surface area contributed by atoms with Gasteiger partial charge in [-0.05, 0) is 11.5 Å². The summed E-state index contributed by atoms with van der Waals surface area (Å²) in [4.78, 5) is 10.5. The van der Waals surface area contributed by atoms with Crippen molar-refractivity contribution in [3.8, 4) is 0 Å². The quantitative estimate of drug-likeness (QED) is 0.720. The van der Waals surface area contributed by atoms with E-state index in [1.54, 1.807) is 10.8 Å². The van der Waals surface area contributed by atoms with E-state index in [2.05, 4.69) is 0 Å². The van der Waals surface area contributed by atoms with Crippen molar-refractivity contribution in [1.29, 1.82) is 0 Å². The van der Waals surface area contributed by atoms with Gasteiger partial charge < -0.3 is 5.11 Å². The van der Waals surface area contributed by atoms with Crippen molar-refractivity contribution < 1.29 is 14.5 Å². The lowest BCUT2D eigenvalue weighted by Gasteiger charge is -1.95. The Balaban J connectivity index is 2.46. The molecule has 0 aliphatic carbocycles. The van der Waals surface area contributed by atoms with Crippen molar-refractivity contribution in [2.75, 3.05) is 0 Å². The van der Waals surface area contributed by atoms with Crippen LogP contribution in [0.4, 0.5) is 0 Å². The number of benzene rings is 1. The fourth-order valence-electron chi connectivity index (χ4n) is 1.43. The molecule has 2 rings (SSSR count). The molecule has 3 heteroatoms. The predicted octanol–water partition coefficient (Wildman–Crippen LogP) is 1.21. The van der Waals surface area contributed by atoms with E-state index in [0.717, 1.165) is 10.8 Å². The molecule has 0 amide bonds. The maximum atomic E-state index is 10.5. The average Bonchev–Trinajstić information content (AvgIpc) is 2.17. The fourth-order valence-corrected chi connectivity index (χ4v) is 1.43. The molecule has 0 radical (unpaired) electrons. The van der Waals surface area contributed by atoms with Crippen LogP contribution in [0.15, 0.2) is 42.7 Å².